The van der Waals surface area contributed by atoms with Crippen LogP contribution in [0.4, 0.5) is 13.2 Å². The summed E-state index contributed by atoms with van der Waals surface area (Å²) < 4.78 is 50.5. The van der Waals surface area contributed by atoms with Crippen LogP contribution in [0, 0.1) is 16.7 Å². The van der Waals surface area contributed by atoms with Gasteiger partial charge in [0.05, 0.1) is 24.3 Å². The largest absolute Gasteiger partial charge is 0.497 e. The fourth-order valence-corrected chi connectivity index (χ4v) is 3.51. The highest BCUT2D eigenvalue weighted by Gasteiger charge is 2.48. The van der Waals surface area contributed by atoms with Crippen LogP contribution < -0.4 is 9.47 Å². The maximum Gasteiger partial charge on any atom is 0.417 e. The summed E-state index contributed by atoms with van der Waals surface area (Å²) in [6, 6.07) is 11.9. The maximum absolute atomic E-state index is 13.2. The molecule has 2 aromatic carbocycles. The number of methoxy groups -OCH3 is 1. The van der Waals surface area contributed by atoms with E-state index in [1.54, 1.807) is 24.1 Å². The summed E-state index contributed by atoms with van der Waals surface area (Å²) in [6.07, 6.45) is -5.63. The molecule has 1 aliphatic rings. The molecule has 1 amide bonds. The molecule has 158 valence electrons. The van der Waals surface area contributed by atoms with E-state index >= 15 is 0 Å². The number of alkyl halides is 3. The van der Waals surface area contributed by atoms with E-state index in [2.05, 4.69) is 0 Å². The van der Waals surface area contributed by atoms with E-state index in [4.69, 9.17) is 14.7 Å². The summed E-state index contributed by atoms with van der Waals surface area (Å²) in [5, 5.41) is 8.93. The topological polar surface area (TPSA) is 62.6 Å². The van der Waals surface area contributed by atoms with Crippen LogP contribution in [0.15, 0.2) is 42.5 Å². The second-order valence-electron chi connectivity index (χ2n) is 7.85. The van der Waals surface area contributed by atoms with Gasteiger partial charge in [-0.25, -0.2) is 0 Å². The molecule has 0 N–H and O–H groups in total. The number of likely N-dealkylation sites (tertiary alicyclic amines) is 1. The molecule has 0 saturated carbocycles. The van der Waals surface area contributed by atoms with Crippen molar-refractivity contribution in [2.45, 2.75) is 32.7 Å². The molecule has 0 aliphatic carbocycles. The fraction of sp³-hybridized carbons (Fsp3) is 0.364. The first-order chi connectivity index (χ1) is 14.0. The highest BCUT2D eigenvalue weighted by Crippen LogP contribution is 2.38. The molecule has 0 aromatic heterocycles. The number of carbonyl (C=O) groups is 1. The van der Waals surface area contributed by atoms with E-state index in [-0.39, 0.29) is 11.7 Å². The van der Waals surface area contributed by atoms with E-state index in [0.717, 1.165) is 17.7 Å². The van der Waals surface area contributed by atoms with Gasteiger partial charge in [0, 0.05) is 18.5 Å². The summed E-state index contributed by atoms with van der Waals surface area (Å²) in [6.45, 7) is 4.41. The monoisotopic (exact) mass is 418 g/mol. The Labute approximate surface area is 172 Å². The first-order valence-electron chi connectivity index (χ1n) is 9.25. The van der Waals surface area contributed by atoms with Gasteiger partial charge in [0.25, 0.3) is 5.91 Å². The fourth-order valence-electron chi connectivity index (χ4n) is 3.51. The summed E-state index contributed by atoms with van der Waals surface area (Å²) in [7, 11) is 1.57. The molecule has 30 heavy (non-hydrogen) atoms. The van der Waals surface area contributed by atoms with Gasteiger partial charge in [0.1, 0.15) is 11.5 Å². The Morgan fingerprint density at radius 2 is 1.80 bits per heavy atom. The molecule has 1 atom stereocenters. The Balaban J connectivity index is 1.81. The molecule has 5 nitrogen and oxygen atoms in total. The third-order valence-electron chi connectivity index (χ3n) is 5.05. The van der Waals surface area contributed by atoms with Gasteiger partial charge in [-0.05, 0) is 35.9 Å². The number of halogens is 3. The molecule has 2 aromatic rings. The van der Waals surface area contributed by atoms with Crippen LogP contribution in [0.3, 0.4) is 0 Å². The van der Waals surface area contributed by atoms with Crippen molar-refractivity contribution in [3.63, 3.8) is 0 Å². The first-order valence-corrected chi connectivity index (χ1v) is 9.25. The normalized spacial score (nSPS) is 18.2. The number of carbonyl (C=O) groups excluding carboxylic acids is 1. The third kappa shape index (κ3) is 4.35. The van der Waals surface area contributed by atoms with E-state index < -0.39 is 28.8 Å². The van der Waals surface area contributed by atoms with Gasteiger partial charge in [0.2, 0.25) is 0 Å². The van der Waals surface area contributed by atoms with Crippen molar-refractivity contribution < 1.29 is 27.4 Å². The van der Waals surface area contributed by atoms with Crippen LogP contribution in [0.2, 0.25) is 0 Å². The molecule has 0 radical (unpaired) electrons. The molecule has 1 fully saturated rings. The Morgan fingerprint density at radius 3 is 2.37 bits per heavy atom. The second-order valence-corrected chi connectivity index (χ2v) is 7.85. The molecule has 1 saturated heterocycles. The zero-order valence-corrected chi connectivity index (χ0v) is 16.8. The van der Waals surface area contributed by atoms with Gasteiger partial charge in [0.15, 0.2) is 6.10 Å². The van der Waals surface area contributed by atoms with Crippen molar-refractivity contribution in [1.82, 2.24) is 4.90 Å². The van der Waals surface area contributed by atoms with Crippen LogP contribution in [-0.2, 0) is 17.5 Å². The van der Waals surface area contributed by atoms with Crippen molar-refractivity contribution in [2.24, 2.45) is 5.41 Å². The maximum atomic E-state index is 13.2. The minimum Gasteiger partial charge on any atom is -0.497 e. The molecule has 0 spiro atoms. The van der Waals surface area contributed by atoms with Gasteiger partial charge in [-0.3, -0.25) is 4.79 Å². The minimum atomic E-state index is -4.69. The number of nitriles is 1. The minimum absolute atomic E-state index is 0.0981. The molecule has 0 unspecified atom stereocenters. The van der Waals surface area contributed by atoms with Crippen molar-refractivity contribution in [3.8, 4) is 17.6 Å². The van der Waals surface area contributed by atoms with Crippen LogP contribution in [0.25, 0.3) is 0 Å². The number of amides is 1. The quantitative estimate of drug-likeness (QED) is 0.722. The molecule has 1 heterocycles. The van der Waals surface area contributed by atoms with Crippen LogP contribution >= 0.6 is 0 Å². The summed E-state index contributed by atoms with van der Waals surface area (Å²) in [5.74, 6) is 0.308. The number of hydrogen-bond acceptors (Lipinski definition) is 4. The van der Waals surface area contributed by atoms with Gasteiger partial charge in [-0.1, -0.05) is 26.0 Å². The Kier molecular flexibility index (Phi) is 5.66. The van der Waals surface area contributed by atoms with Crippen LogP contribution in [-0.4, -0.2) is 30.6 Å². The van der Waals surface area contributed by atoms with E-state index in [9.17, 15) is 18.0 Å². The smallest absolute Gasteiger partial charge is 0.417 e. The lowest BCUT2D eigenvalue weighted by molar-refractivity contribution is -0.138. The number of hydrogen-bond donors (Lipinski definition) is 0. The van der Waals surface area contributed by atoms with Gasteiger partial charge >= 0.3 is 6.18 Å². The van der Waals surface area contributed by atoms with Crippen molar-refractivity contribution in [1.29, 1.82) is 5.26 Å². The van der Waals surface area contributed by atoms with E-state index in [1.807, 2.05) is 26.0 Å². The molecule has 1 aliphatic heterocycles. The number of benzene rings is 2. The number of rotatable bonds is 5. The number of nitrogens with zero attached hydrogens (tertiary/aromatic N) is 2. The predicted octanol–water partition coefficient (Wildman–Crippen LogP) is 4.40. The lowest BCUT2D eigenvalue weighted by Crippen LogP contribution is -2.36. The molecule has 0 bridgehead atoms. The lowest BCUT2D eigenvalue weighted by atomic mass is 9.89. The Bertz CT molecular complexity index is 979. The molecular weight excluding hydrogens is 397 g/mol. The van der Waals surface area contributed by atoms with Gasteiger partial charge in [-0.2, -0.15) is 18.4 Å². The van der Waals surface area contributed by atoms with Gasteiger partial charge < -0.3 is 14.4 Å². The average molecular weight is 418 g/mol. The SMILES string of the molecule is COc1ccc(CN2CC(C)(C)[C@@H](Oc3ccc(C#N)c(C(F)(F)F)c3)C2=O)cc1. The highest BCUT2D eigenvalue weighted by molar-refractivity contribution is 5.84. The highest BCUT2D eigenvalue weighted by atomic mass is 19.4. The summed E-state index contributed by atoms with van der Waals surface area (Å²) in [4.78, 5) is 14.6. The molecule has 8 heteroatoms. The Morgan fingerprint density at radius 1 is 1.17 bits per heavy atom. The van der Waals surface area contributed by atoms with Crippen molar-refractivity contribution in [2.75, 3.05) is 13.7 Å². The van der Waals surface area contributed by atoms with Crippen LogP contribution in [0.5, 0.6) is 11.5 Å². The zero-order chi connectivity index (χ0) is 22.1. The summed E-state index contributed by atoms with van der Waals surface area (Å²) >= 11 is 0. The lowest BCUT2D eigenvalue weighted by Gasteiger charge is -2.24. The summed E-state index contributed by atoms with van der Waals surface area (Å²) in [5.41, 5.74) is -1.29. The number of ether oxygens (including phenoxy) is 2. The zero-order valence-electron chi connectivity index (χ0n) is 16.8. The molecule has 3 rings (SSSR count). The average Bonchev–Trinajstić information content (AvgIpc) is 2.90. The Hall–Kier alpha value is -3.21. The van der Waals surface area contributed by atoms with E-state index in [1.165, 1.54) is 12.1 Å². The predicted molar refractivity (Wildman–Crippen MR) is 103 cm³/mol. The van der Waals surface area contributed by atoms with Crippen molar-refractivity contribution >= 4 is 5.91 Å². The van der Waals surface area contributed by atoms with Crippen molar-refractivity contribution in [3.05, 3.63) is 59.2 Å². The van der Waals surface area contributed by atoms with Crippen LogP contribution in [0.1, 0.15) is 30.5 Å². The molecular formula is C22H21F3N2O3. The third-order valence-corrected chi connectivity index (χ3v) is 5.05. The second kappa shape index (κ2) is 7.90. The standard InChI is InChI=1S/C22H21F3N2O3/c1-21(2)13-27(12-14-4-7-16(29-3)8-5-14)20(28)19(21)30-17-9-6-15(11-26)18(10-17)22(23,24)25/h4-10,19H,12-13H2,1-3H3/t19-/m0/s1. The van der Waals surface area contributed by atoms with E-state index in [0.29, 0.717) is 18.8 Å². The first kappa shape index (κ1) is 21.5. The van der Waals surface area contributed by atoms with Gasteiger partial charge in [-0.15, -0.1) is 0 Å².